The zero-order valence-electron chi connectivity index (χ0n) is 12.0. The van der Waals surface area contributed by atoms with Crippen LogP contribution in [-0.4, -0.2) is 17.5 Å². The SMILES string of the molecule is Cc1cc(C)c(CNC(=O)C2=NNC(=O)CC2)cc1C. The molecule has 2 N–H and O–H groups in total. The van der Waals surface area contributed by atoms with E-state index in [0.29, 0.717) is 25.1 Å². The molecule has 106 valence electrons. The first-order chi connectivity index (χ1) is 9.47. The Morgan fingerprint density at radius 3 is 2.55 bits per heavy atom. The highest BCUT2D eigenvalue weighted by Gasteiger charge is 2.18. The number of nitrogens with one attached hydrogen (secondary N) is 2. The summed E-state index contributed by atoms with van der Waals surface area (Å²) in [6.07, 6.45) is 0.707. The molecule has 1 aromatic carbocycles. The van der Waals surface area contributed by atoms with Gasteiger partial charge in [0.2, 0.25) is 5.91 Å². The Labute approximate surface area is 118 Å². The molecule has 2 amide bonds. The van der Waals surface area contributed by atoms with E-state index in [2.05, 4.69) is 41.8 Å². The third-order valence-electron chi connectivity index (χ3n) is 3.56. The Balaban J connectivity index is 2.00. The van der Waals surface area contributed by atoms with Crippen LogP contribution in [0.1, 0.15) is 35.1 Å². The molecular formula is C15H19N3O2. The summed E-state index contributed by atoms with van der Waals surface area (Å²) in [5.41, 5.74) is 7.42. The standard InChI is InChI=1S/C15H19N3O2/c1-9-6-11(3)12(7-10(9)2)8-16-15(20)13-4-5-14(19)18-17-13/h6-7H,4-5,8H2,1-3H3,(H,16,20)(H,18,19). The van der Waals surface area contributed by atoms with Gasteiger partial charge in [0.15, 0.2) is 0 Å². The first-order valence-electron chi connectivity index (χ1n) is 6.67. The molecular weight excluding hydrogens is 254 g/mol. The summed E-state index contributed by atoms with van der Waals surface area (Å²) >= 11 is 0. The molecule has 1 aliphatic heterocycles. The average Bonchev–Trinajstić information content (AvgIpc) is 2.42. The second-order valence-electron chi connectivity index (χ2n) is 5.14. The van der Waals surface area contributed by atoms with Crippen LogP contribution in [0.2, 0.25) is 0 Å². The molecule has 0 spiro atoms. The van der Waals surface area contributed by atoms with Crippen LogP contribution in [0.3, 0.4) is 0 Å². The van der Waals surface area contributed by atoms with Crippen LogP contribution >= 0.6 is 0 Å². The summed E-state index contributed by atoms with van der Waals surface area (Å²) in [5.74, 6) is -0.366. The van der Waals surface area contributed by atoms with Crippen LogP contribution in [0.4, 0.5) is 0 Å². The lowest BCUT2D eigenvalue weighted by atomic mass is 10.0. The summed E-state index contributed by atoms with van der Waals surface area (Å²) in [5, 5.41) is 6.63. The molecule has 0 atom stereocenters. The molecule has 2 rings (SSSR count). The molecule has 1 heterocycles. The first kappa shape index (κ1) is 14.2. The Hall–Kier alpha value is -2.17. The molecule has 0 bridgehead atoms. The lowest BCUT2D eigenvalue weighted by Crippen LogP contribution is -2.36. The maximum atomic E-state index is 11.9. The summed E-state index contributed by atoms with van der Waals surface area (Å²) in [6.45, 7) is 6.63. The number of hydrogen-bond donors (Lipinski definition) is 2. The highest BCUT2D eigenvalue weighted by Crippen LogP contribution is 2.15. The predicted molar refractivity (Wildman–Crippen MR) is 77.3 cm³/mol. The summed E-state index contributed by atoms with van der Waals surface area (Å²) in [6, 6.07) is 4.21. The van der Waals surface area contributed by atoms with Gasteiger partial charge in [-0.1, -0.05) is 12.1 Å². The number of aryl methyl sites for hydroxylation is 3. The highest BCUT2D eigenvalue weighted by molar-refractivity contribution is 6.39. The van der Waals surface area contributed by atoms with Crippen molar-refractivity contribution in [3.05, 3.63) is 34.4 Å². The summed E-state index contributed by atoms with van der Waals surface area (Å²) in [4.78, 5) is 22.9. The van der Waals surface area contributed by atoms with Crippen LogP contribution in [-0.2, 0) is 16.1 Å². The van der Waals surface area contributed by atoms with Crippen molar-refractivity contribution in [2.75, 3.05) is 0 Å². The van der Waals surface area contributed by atoms with Crippen molar-refractivity contribution in [3.63, 3.8) is 0 Å². The molecule has 0 unspecified atom stereocenters. The summed E-state index contributed by atoms with van der Waals surface area (Å²) in [7, 11) is 0. The van der Waals surface area contributed by atoms with E-state index in [1.165, 1.54) is 11.1 Å². The smallest absolute Gasteiger partial charge is 0.267 e. The van der Waals surface area contributed by atoms with E-state index in [9.17, 15) is 9.59 Å². The number of benzene rings is 1. The van der Waals surface area contributed by atoms with E-state index in [1.54, 1.807) is 0 Å². The lowest BCUT2D eigenvalue weighted by molar-refractivity contribution is -0.121. The van der Waals surface area contributed by atoms with Gasteiger partial charge in [0.25, 0.3) is 5.91 Å². The first-order valence-corrected chi connectivity index (χ1v) is 6.67. The lowest BCUT2D eigenvalue weighted by Gasteiger charge is -2.14. The Kier molecular flexibility index (Phi) is 4.17. The van der Waals surface area contributed by atoms with E-state index in [0.717, 1.165) is 11.1 Å². The van der Waals surface area contributed by atoms with E-state index in [1.807, 2.05) is 6.92 Å². The zero-order chi connectivity index (χ0) is 14.7. The topological polar surface area (TPSA) is 70.6 Å². The molecule has 0 saturated carbocycles. The monoisotopic (exact) mass is 273 g/mol. The minimum Gasteiger partial charge on any atom is -0.347 e. The van der Waals surface area contributed by atoms with Gasteiger partial charge in [0.05, 0.1) is 0 Å². The van der Waals surface area contributed by atoms with Crippen LogP contribution < -0.4 is 10.7 Å². The van der Waals surface area contributed by atoms with Crippen LogP contribution in [0, 0.1) is 20.8 Å². The van der Waals surface area contributed by atoms with Crippen molar-refractivity contribution >= 4 is 17.5 Å². The molecule has 5 nitrogen and oxygen atoms in total. The van der Waals surface area contributed by atoms with E-state index < -0.39 is 0 Å². The zero-order valence-corrected chi connectivity index (χ0v) is 12.0. The van der Waals surface area contributed by atoms with Crippen LogP contribution in [0.5, 0.6) is 0 Å². The molecule has 1 aliphatic rings. The van der Waals surface area contributed by atoms with Crippen molar-refractivity contribution in [1.29, 1.82) is 0 Å². The van der Waals surface area contributed by atoms with Gasteiger partial charge in [-0.15, -0.1) is 0 Å². The van der Waals surface area contributed by atoms with Gasteiger partial charge in [0.1, 0.15) is 5.71 Å². The molecule has 0 radical (unpaired) electrons. The van der Waals surface area contributed by atoms with Crippen LogP contribution in [0.15, 0.2) is 17.2 Å². The van der Waals surface area contributed by atoms with Gasteiger partial charge < -0.3 is 5.32 Å². The van der Waals surface area contributed by atoms with Gasteiger partial charge in [-0.2, -0.15) is 5.10 Å². The third-order valence-corrected chi connectivity index (χ3v) is 3.56. The normalized spacial score (nSPS) is 14.6. The minimum atomic E-state index is -0.220. The van der Waals surface area contributed by atoms with Gasteiger partial charge >= 0.3 is 0 Å². The van der Waals surface area contributed by atoms with E-state index in [-0.39, 0.29) is 11.8 Å². The second kappa shape index (κ2) is 5.86. The highest BCUT2D eigenvalue weighted by atomic mass is 16.2. The maximum Gasteiger partial charge on any atom is 0.267 e. The van der Waals surface area contributed by atoms with Gasteiger partial charge in [0, 0.05) is 19.4 Å². The summed E-state index contributed by atoms with van der Waals surface area (Å²) < 4.78 is 0. The predicted octanol–water partition coefficient (Wildman–Crippen LogP) is 1.49. The molecule has 0 aliphatic carbocycles. The third kappa shape index (κ3) is 3.23. The number of nitrogens with zero attached hydrogens (tertiary/aromatic N) is 1. The fourth-order valence-electron chi connectivity index (χ4n) is 2.13. The van der Waals surface area contributed by atoms with Crippen molar-refractivity contribution in [1.82, 2.24) is 10.7 Å². The molecule has 0 saturated heterocycles. The van der Waals surface area contributed by atoms with Crippen molar-refractivity contribution in [2.24, 2.45) is 5.10 Å². The van der Waals surface area contributed by atoms with Crippen molar-refractivity contribution in [3.8, 4) is 0 Å². The minimum absolute atomic E-state index is 0.147. The number of carbonyl (C=O) groups excluding carboxylic acids is 2. The van der Waals surface area contributed by atoms with Gasteiger partial charge in [-0.25, -0.2) is 5.43 Å². The Morgan fingerprint density at radius 1 is 1.20 bits per heavy atom. The van der Waals surface area contributed by atoms with Gasteiger partial charge in [-0.3, -0.25) is 9.59 Å². The number of rotatable bonds is 3. The maximum absolute atomic E-state index is 11.9. The second-order valence-corrected chi connectivity index (χ2v) is 5.14. The fourth-order valence-corrected chi connectivity index (χ4v) is 2.13. The van der Waals surface area contributed by atoms with Crippen LogP contribution in [0.25, 0.3) is 0 Å². The Bertz CT molecular complexity index is 591. The van der Waals surface area contributed by atoms with Gasteiger partial charge in [-0.05, 0) is 43.0 Å². The molecule has 5 heteroatoms. The van der Waals surface area contributed by atoms with Crippen molar-refractivity contribution < 1.29 is 9.59 Å². The molecule has 20 heavy (non-hydrogen) atoms. The average molecular weight is 273 g/mol. The van der Waals surface area contributed by atoms with Crippen molar-refractivity contribution in [2.45, 2.75) is 40.2 Å². The Morgan fingerprint density at radius 2 is 1.90 bits per heavy atom. The molecule has 0 aromatic heterocycles. The molecule has 0 fully saturated rings. The largest absolute Gasteiger partial charge is 0.347 e. The number of hydrazone groups is 1. The molecule has 1 aromatic rings. The quantitative estimate of drug-likeness (QED) is 0.876. The van der Waals surface area contributed by atoms with E-state index in [4.69, 9.17) is 0 Å². The number of hydrogen-bond acceptors (Lipinski definition) is 3. The fraction of sp³-hybridized carbons (Fsp3) is 0.400. The number of carbonyl (C=O) groups is 2. The number of amides is 2. The van der Waals surface area contributed by atoms with E-state index >= 15 is 0 Å².